The Labute approximate surface area is 109 Å². The van der Waals surface area contributed by atoms with Crippen molar-refractivity contribution in [2.24, 2.45) is 11.7 Å². The van der Waals surface area contributed by atoms with Gasteiger partial charge in [-0.3, -0.25) is 0 Å². The molecule has 5 heteroatoms. The summed E-state index contributed by atoms with van der Waals surface area (Å²) in [4.78, 5) is 13.8. The summed E-state index contributed by atoms with van der Waals surface area (Å²) in [5, 5.41) is 0. The number of nitrogens with two attached hydrogens (primary N) is 1. The minimum Gasteiger partial charge on any atom is -0.444 e. The quantitative estimate of drug-likeness (QED) is 0.710. The van der Waals surface area contributed by atoms with Crippen LogP contribution in [0.3, 0.4) is 0 Å². The van der Waals surface area contributed by atoms with E-state index in [4.69, 9.17) is 15.2 Å². The first-order chi connectivity index (χ1) is 8.37. The van der Waals surface area contributed by atoms with Crippen molar-refractivity contribution in [1.29, 1.82) is 0 Å². The summed E-state index contributed by atoms with van der Waals surface area (Å²) in [6.07, 6.45) is 1.98. The molecule has 2 N–H and O–H groups in total. The normalized spacial score (nSPS) is 32.9. The molecular weight excluding hydrogens is 232 g/mol. The largest absolute Gasteiger partial charge is 0.444 e. The zero-order valence-corrected chi connectivity index (χ0v) is 11.5. The van der Waals surface area contributed by atoms with Gasteiger partial charge in [-0.2, -0.15) is 0 Å². The fraction of sp³-hybridized carbons (Fsp3) is 0.923. The molecule has 18 heavy (non-hydrogen) atoms. The van der Waals surface area contributed by atoms with Crippen molar-refractivity contribution in [3.8, 4) is 0 Å². The Morgan fingerprint density at radius 2 is 2.11 bits per heavy atom. The fourth-order valence-electron chi connectivity index (χ4n) is 2.73. The molecule has 0 aromatic carbocycles. The third-order valence-corrected chi connectivity index (χ3v) is 3.45. The van der Waals surface area contributed by atoms with Gasteiger partial charge in [0.1, 0.15) is 5.60 Å². The lowest BCUT2D eigenvalue weighted by Gasteiger charge is -2.44. The highest BCUT2D eigenvalue weighted by molar-refractivity contribution is 5.68. The third-order valence-electron chi connectivity index (χ3n) is 3.45. The zero-order valence-electron chi connectivity index (χ0n) is 11.5. The minimum absolute atomic E-state index is 0.100. The first-order valence-electron chi connectivity index (χ1n) is 6.72. The molecule has 2 heterocycles. The second-order valence-corrected chi connectivity index (χ2v) is 6.29. The van der Waals surface area contributed by atoms with E-state index in [1.54, 1.807) is 4.90 Å². The number of amides is 1. The lowest BCUT2D eigenvalue weighted by Crippen LogP contribution is -2.60. The van der Waals surface area contributed by atoms with Gasteiger partial charge in [0.2, 0.25) is 0 Å². The van der Waals surface area contributed by atoms with Gasteiger partial charge in [-0.1, -0.05) is 0 Å². The predicted molar refractivity (Wildman–Crippen MR) is 68.2 cm³/mol. The third kappa shape index (κ3) is 3.14. The van der Waals surface area contributed by atoms with Crippen molar-refractivity contribution in [1.82, 2.24) is 4.90 Å². The van der Waals surface area contributed by atoms with Gasteiger partial charge in [0.05, 0.1) is 6.10 Å². The van der Waals surface area contributed by atoms with Crippen LogP contribution in [-0.4, -0.2) is 48.4 Å². The number of hydrogen-bond acceptors (Lipinski definition) is 4. The van der Waals surface area contributed by atoms with Crippen LogP contribution in [0.1, 0.15) is 33.6 Å². The van der Waals surface area contributed by atoms with Gasteiger partial charge in [-0.25, -0.2) is 4.79 Å². The molecule has 2 saturated heterocycles. The first kappa shape index (κ1) is 13.6. The molecule has 2 rings (SSSR count). The summed E-state index contributed by atoms with van der Waals surface area (Å²) < 4.78 is 11.1. The highest BCUT2D eigenvalue weighted by Crippen LogP contribution is 2.28. The summed E-state index contributed by atoms with van der Waals surface area (Å²) in [6, 6.07) is -0.100. The number of hydrogen-bond donors (Lipinski definition) is 1. The molecule has 0 spiro atoms. The summed E-state index contributed by atoms with van der Waals surface area (Å²) in [5.41, 5.74) is 5.65. The van der Waals surface area contributed by atoms with Crippen LogP contribution in [0, 0.1) is 5.92 Å². The maximum atomic E-state index is 12.0. The van der Waals surface area contributed by atoms with E-state index >= 15 is 0 Å². The van der Waals surface area contributed by atoms with Crippen LogP contribution in [0.4, 0.5) is 4.79 Å². The molecule has 0 unspecified atom stereocenters. The van der Waals surface area contributed by atoms with Crippen LogP contribution in [0.15, 0.2) is 0 Å². The van der Waals surface area contributed by atoms with Crippen molar-refractivity contribution < 1.29 is 14.3 Å². The Hall–Kier alpha value is -0.810. The Morgan fingerprint density at radius 1 is 1.39 bits per heavy atom. The number of ether oxygens (including phenoxy) is 2. The van der Waals surface area contributed by atoms with Gasteiger partial charge in [0.25, 0.3) is 0 Å². The summed E-state index contributed by atoms with van der Waals surface area (Å²) in [6.45, 7) is 7.65. The zero-order chi connectivity index (χ0) is 13.3. The monoisotopic (exact) mass is 256 g/mol. The summed E-state index contributed by atoms with van der Waals surface area (Å²) in [5.74, 6) is 0.356. The van der Waals surface area contributed by atoms with Gasteiger partial charge < -0.3 is 20.1 Å². The van der Waals surface area contributed by atoms with Crippen molar-refractivity contribution in [3.63, 3.8) is 0 Å². The average molecular weight is 256 g/mol. The van der Waals surface area contributed by atoms with Crippen LogP contribution in [0.5, 0.6) is 0 Å². The van der Waals surface area contributed by atoms with Gasteiger partial charge >= 0.3 is 6.09 Å². The maximum absolute atomic E-state index is 12.0. The van der Waals surface area contributed by atoms with Gasteiger partial charge in [0, 0.05) is 31.7 Å². The standard InChI is InChI=1S/C13H24N2O3/c1-13(2,3)18-12(16)15-7-9-5-4-6-17-11(9)10(14)8-15/h9-11H,4-8,14H2,1-3H3/t9-,10+,11-/m0/s1. The number of piperidine rings is 1. The van der Waals surface area contributed by atoms with Gasteiger partial charge in [-0.15, -0.1) is 0 Å². The highest BCUT2D eigenvalue weighted by atomic mass is 16.6. The summed E-state index contributed by atoms with van der Waals surface area (Å²) in [7, 11) is 0. The smallest absolute Gasteiger partial charge is 0.410 e. The van der Waals surface area contributed by atoms with Crippen molar-refractivity contribution >= 4 is 6.09 Å². The number of fused-ring (bicyclic) bond motifs is 1. The van der Waals surface area contributed by atoms with Crippen LogP contribution < -0.4 is 5.73 Å². The molecule has 0 bridgehead atoms. The lowest BCUT2D eigenvalue weighted by molar-refractivity contribution is -0.0790. The van der Waals surface area contributed by atoms with Crippen LogP contribution >= 0.6 is 0 Å². The van der Waals surface area contributed by atoms with E-state index in [-0.39, 0.29) is 18.2 Å². The Balaban J connectivity index is 1.97. The van der Waals surface area contributed by atoms with Crippen molar-refractivity contribution in [2.75, 3.05) is 19.7 Å². The topological polar surface area (TPSA) is 64.8 Å². The van der Waals surface area contributed by atoms with Crippen LogP contribution in [0.25, 0.3) is 0 Å². The number of likely N-dealkylation sites (tertiary alicyclic amines) is 1. The molecule has 2 aliphatic heterocycles. The van der Waals surface area contributed by atoms with Gasteiger partial charge in [-0.05, 0) is 33.6 Å². The number of nitrogens with zero attached hydrogens (tertiary/aromatic N) is 1. The van der Waals surface area contributed by atoms with E-state index in [9.17, 15) is 4.79 Å². The van der Waals surface area contributed by atoms with Crippen LogP contribution in [-0.2, 0) is 9.47 Å². The van der Waals surface area contributed by atoms with Crippen molar-refractivity contribution in [2.45, 2.75) is 51.4 Å². The molecule has 0 radical (unpaired) electrons. The Kier molecular flexibility index (Phi) is 3.82. The SMILES string of the molecule is CC(C)(C)OC(=O)N1C[C@@H]2CCCO[C@@H]2[C@H](N)C1. The van der Waals surface area contributed by atoms with E-state index in [0.717, 1.165) is 19.4 Å². The van der Waals surface area contributed by atoms with E-state index in [0.29, 0.717) is 19.0 Å². The molecular formula is C13H24N2O3. The van der Waals surface area contributed by atoms with E-state index < -0.39 is 5.60 Å². The number of carbonyl (C=O) groups excluding carboxylic acids is 1. The molecule has 0 aromatic rings. The Morgan fingerprint density at radius 3 is 2.78 bits per heavy atom. The van der Waals surface area contributed by atoms with Crippen LogP contribution in [0.2, 0.25) is 0 Å². The lowest BCUT2D eigenvalue weighted by atomic mass is 9.86. The molecule has 0 aliphatic carbocycles. The molecule has 5 nitrogen and oxygen atoms in total. The molecule has 3 atom stereocenters. The predicted octanol–water partition coefficient (Wildman–Crippen LogP) is 1.36. The van der Waals surface area contributed by atoms with E-state index in [1.165, 1.54) is 0 Å². The Bertz CT molecular complexity index is 314. The molecule has 2 aliphatic rings. The second kappa shape index (κ2) is 5.05. The average Bonchev–Trinajstić information content (AvgIpc) is 2.26. The van der Waals surface area contributed by atoms with Gasteiger partial charge in [0.15, 0.2) is 0 Å². The molecule has 2 fully saturated rings. The number of carbonyl (C=O) groups is 1. The second-order valence-electron chi connectivity index (χ2n) is 6.29. The molecule has 1 amide bonds. The van der Waals surface area contributed by atoms with Crippen molar-refractivity contribution in [3.05, 3.63) is 0 Å². The van der Waals surface area contributed by atoms with E-state index in [2.05, 4.69) is 0 Å². The van der Waals surface area contributed by atoms with E-state index in [1.807, 2.05) is 20.8 Å². The fourth-order valence-corrected chi connectivity index (χ4v) is 2.73. The maximum Gasteiger partial charge on any atom is 0.410 e. The summed E-state index contributed by atoms with van der Waals surface area (Å²) >= 11 is 0. The molecule has 0 aromatic heterocycles. The minimum atomic E-state index is -0.457. The molecule has 104 valence electrons. The number of rotatable bonds is 0. The molecule has 0 saturated carbocycles. The highest BCUT2D eigenvalue weighted by Gasteiger charge is 2.40. The first-order valence-corrected chi connectivity index (χ1v) is 6.72.